The van der Waals surface area contributed by atoms with E-state index < -0.39 is 0 Å². The molecule has 1 fully saturated rings. The minimum atomic E-state index is 0.174. The molecular formula is C11H18ClN3S2. The molecule has 17 heavy (non-hydrogen) atoms. The zero-order valence-corrected chi connectivity index (χ0v) is 12.5. The van der Waals surface area contributed by atoms with Crippen molar-refractivity contribution in [3.63, 3.8) is 0 Å². The van der Waals surface area contributed by atoms with Crippen molar-refractivity contribution in [2.75, 3.05) is 17.3 Å². The van der Waals surface area contributed by atoms with Gasteiger partial charge in [-0.25, -0.2) is 0 Å². The van der Waals surface area contributed by atoms with Crippen molar-refractivity contribution in [1.29, 1.82) is 0 Å². The molecule has 1 aromatic heterocycles. The Morgan fingerprint density at radius 3 is 2.88 bits per heavy atom. The van der Waals surface area contributed by atoms with Crippen LogP contribution in [0.2, 0.25) is 5.15 Å². The van der Waals surface area contributed by atoms with Crippen molar-refractivity contribution in [1.82, 2.24) is 9.78 Å². The Balaban J connectivity index is 2.04. The van der Waals surface area contributed by atoms with Gasteiger partial charge in [0.05, 0.1) is 5.69 Å². The Labute approximate surface area is 116 Å². The van der Waals surface area contributed by atoms with Gasteiger partial charge in [-0.15, -0.1) is 0 Å². The van der Waals surface area contributed by atoms with Gasteiger partial charge in [-0.2, -0.15) is 28.6 Å². The summed E-state index contributed by atoms with van der Waals surface area (Å²) >= 11 is 10.2. The van der Waals surface area contributed by atoms with Crippen LogP contribution >= 0.6 is 35.1 Å². The summed E-state index contributed by atoms with van der Waals surface area (Å²) in [5.41, 5.74) is 8.41. The summed E-state index contributed by atoms with van der Waals surface area (Å²) in [4.78, 5) is 0. The van der Waals surface area contributed by atoms with E-state index in [-0.39, 0.29) is 6.04 Å². The maximum Gasteiger partial charge on any atom is 0.130 e. The zero-order valence-electron chi connectivity index (χ0n) is 10.1. The van der Waals surface area contributed by atoms with Crippen LogP contribution in [0.1, 0.15) is 11.3 Å². The van der Waals surface area contributed by atoms with Crippen LogP contribution in [0.25, 0.3) is 0 Å². The van der Waals surface area contributed by atoms with Gasteiger partial charge in [0, 0.05) is 41.2 Å². The van der Waals surface area contributed by atoms with E-state index in [9.17, 15) is 0 Å². The highest BCUT2D eigenvalue weighted by Gasteiger charge is 2.24. The summed E-state index contributed by atoms with van der Waals surface area (Å²) in [6.45, 7) is 2.00. The molecule has 0 spiro atoms. The van der Waals surface area contributed by atoms with E-state index in [0.29, 0.717) is 5.25 Å². The first-order valence-corrected chi connectivity index (χ1v) is 8.30. The van der Waals surface area contributed by atoms with Gasteiger partial charge in [0.2, 0.25) is 0 Å². The second-order valence-electron chi connectivity index (χ2n) is 4.33. The first-order valence-electron chi connectivity index (χ1n) is 5.72. The zero-order chi connectivity index (χ0) is 12.4. The lowest BCUT2D eigenvalue weighted by atomic mass is 10.1. The molecule has 0 bridgehead atoms. The summed E-state index contributed by atoms with van der Waals surface area (Å²) in [6.07, 6.45) is 0.830. The summed E-state index contributed by atoms with van der Waals surface area (Å²) in [5.74, 6) is 3.62. The van der Waals surface area contributed by atoms with E-state index >= 15 is 0 Å². The maximum absolute atomic E-state index is 6.30. The Morgan fingerprint density at radius 1 is 1.59 bits per heavy atom. The average molecular weight is 292 g/mol. The van der Waals surface area contributed by atoms with E-state index in [1.165, 1.54) is 11.5 Å². The molecule has 6 heteroatoms. The van der Waals surface area contributed by atoms with Crippen LogP contribution in [0, 0.1) is 6.92 Å². The smallest absolute Gasteiger partial charge is 0.130 e. The summed E-state index contributed by atoms with van der Waals surface area (Å²) in [5, 5.41) is 5.60. The highest BCUT2D eigenvalue weighted by atomic mass is 35.5. The minimum absolute atomic E-state index is 0.174. The molecule has 3 nitrogen and oxygen atoms in total. The highest BCUT2D eigenvalue weighted by molar-refractivity contribution is 8.06. The van der Waals surface area contributed by atoms with E-state index in [1.807, 2.05) is 37.5 Å². The monoisotopic (exact) mass is 291 g/mol. The molecule has 0 aromatic carbocycles. The molecule has 1 aliphatic heterocycles. The molecule has 1 aromatic rings. The molecule has 0 amide bonds. The first kappa shape index (κ1) is 13.6. The van der Waals surface area contributed by atoms with Gasteiger partial charge >= 0.3 is 0 Å². The third-order valence-corrected chi connectivity index (χ3v) is 6.44. The van der Waals surface area contributed by atoms with Crippen molar-refractivity contribution in [2.24, 2.45) is 12.8 Å². The van der Waals surface area contributed by atoms with Crippen molar-refractivity contribution < 1.29 is 0 Å². The van der Waals surface area contributed by atoms with Crippen molar-refractivity contribution >= 4 is 35.1 Å². The molecule has 0 radical (unpaired) electrons. The Kier molecular flexibility index (Phi) is 4.69. The SMILES string of the molecule is Cc1nn(C)c(Cl)c1CC(N)C1CSCCS1. The number of nitrogens with two attached hydrogens (primary N) is 1. The van der Waals surface area contributed by atoms with Gasteiger partial charge in [-0.1, -0.05) is 11.6 Å². The largest absolute Gasteiger partial charge is 0.326 e. The van der Waals surface area contributed by atoms with Crippen LogP contribution in [0.3, 0.4) is 0 Å². The van der Waals surface area contributed by atoms with E-state index in [0.717, 1.165) is 28.6 Å². The molecule has 2 heterocycles. The summed E-state index contributed by atoms with van der Waals surface area (Å²) < 4.78 is 1.72. The molecule has 1 aliphatic rings. The van der Waals surface area contributed by atoms with Gasteiger partial charge in [0.25, 0.3) is 0 Å². The van der Waals surface area contributed by atoms with Gasteiger partial charge in [-0.3, -0.25) is 4.68 Å². The fourth-order valence-electron chi connectivity index (χ4n) is 2.03. The first-order chi connectivity index (χ1) is 8.09. The minimum Gasteiger partial charge on any atom is -0.326 e. The number of rotatable bonds is 3. The van der Waals surface area contributed by atoms with E-state index in [4.69, 9.17) is 17.3 Å². The van der Waals surface area contributed by atoms with E-state index in [2.05, 4.69) is 5.10 Å². The Bertz CT molecular complexity index is 388. The van der Waals surface area contributed by atoms with Gasteiger partial charge in [0.1, 0.15) is 5.15 Å². The molecule has 96 valence electrons. The predicted molar refractivity (Wildman–Crippen MR) is 78.2 cm³/mol. The molecule has 0 aliphatic carbocycles. The van der Waals surface area contributed by atoms with Gasteiger partial charge < -0.3 is 5.73 Å². The molecule has 1 saturated heterocycles. The molecule has 0 saturated carbocycles. The van der Waals surface area contributed by atoms with Gasteiger partial charge in [0.15, 0.2) is 0 Å². The standard InChI is InChI=1S/C11H18ClN3S2/c1-7-8(11(12)15(2)14-7)5-9(13)10-6-16-3-4-17-10/h9-10H,3-6,13H2,1-2H3. The third-order valence-electron chi connectivity index (χ3n) is 3.03. The van der Waals surface area contributed by atoms with Crippen LogP contribution in [0.4, 0.5) is 0 Å². The fraction of sp³-hybridized carbons (Fsp3) is 0.727. The summed E-state index contributed by atoms with van der Waals surface area (Å²) in [6, 6.07) is 0.174. The molecule has 2 rings (SSSR count). The number of nitrogens with zero attached hydrogens (tertiary/aromatic N) is 2. The van der Waals surface area contributed by atoms with E-state index in [1.54, 1.807) is 4.68 Å². The number of aromatic nitrogens is 2. The Hall–Kier alpha value is 0.160. The van der Waals surface area contributed by atoms with Gasteiger partial charge in [-0.05, 0) is 13.3 Å². The molecule has 2 unspecified atom stereocenters. The molecular weight excluding hydrogens is 274 g/mol. The van der Waals surface area contributed by atoms with Crippen molar-refractivity contribution in [3.05, 3.63) is 16.4 Å². The molecule has 2 atom stereocenters. The lowest BCUT2D eigenvalue weighted by Crippen LogP contribution is -2.38. The van der Waals surface area contributed by atoms with Crippen molar-refractivity contribution in [2.45, 2.75) is 24.6 Å². The van der Waals surface area contributed by atoms with Crippen LogP contribution < -0.4 is 5.73 Å². The third kappa shape index (κ3) is 3.13. The normalized spacial score (nSPS) is 22.7. The number of aryl methyl sites for hydroxylation is 2. The quantitative estimate of drug-likeness (QED) is 0.926. The topological polar surface area (TPSA) is 43.8 Å². The number of thioether (sulfide) groups is 2. The summed E-state index contributed by atoms with van der Waals surface area (Å²) in [7, 11) is 1.87. The van der Waals surface area contributed by atoms with Crippen molar-refractivity contribution in [3.8, 4) is 0 Å². The number of hydrogen-bond acceptors (Lipinski definition) is 4. The van der Waals surface area contributed by atoms with Crippen LogP contribution in [-0.4, -0.2) is 38.3 Å². The lowest BCUT2D eigenvalue weighted by Gasteiger charge is -2.26. The van der Waals surface area contributed by atoms with Crippen LogP contribution in [-0.2, 0) is 13.5 Å². The highest BCUT2D eigenvalue weighted by Crippen LogP contribution is 2.28. The lowest BCUT2D eigenvalue weighted by molar-refractivity contribution is 0.661. The number of halogens is 1. The maximum atomic E-state index is 6.30. The fourth-order valence-corrected chi connectivity index (χ4v) is 5.10. The Morgan fingerprint density at radius 2 is 2.35 bits per heavy atom. The van der Waals surface area contributed by atoms with Crippen LogP contribution in [0.5, 0.6) is 0 Å². The second-order valence-corrected chi connectivity index (χ2v) is 7.19. The van der Waals surface area contributed by atoms with Crippen LogP contribution in [0.15, 0.2) is 0 Å². The predicted octanol–water partition coefficient (Wildman–Crippen LogP) is 2.10. The number of hydrogen-bond donors (Lipinski definition) is 1. The average Bonchev–Trinajstić information content (AvgIpc) is 2.57. The molecule has 2 N–H and O–H groups in total. The second kappa shape index (κ2) is 5.87.